The maximum atomic E-state index is 12.4. The van der Waals surface area contributed by atoms with Gasteiger partial charge in [0.1, 0.15) is 17.1 Å². The third-order valence-electron chi connectivity index (χ3n) is 4.56. The monoisotopic (exact) mass is 380 g/mol. The van der Waals surface area contributed by atoms with E-state index in [2.05, 4.69) is 5.32 Å². The van der Waals surface area contributed by atoms with Gasteiger partial charge in [-0.2, -0.15) is 13.2 Å². The number of halogens is 3. The van der Waals surface area contributed by atoms with Crippen molar-refractivity contribution in [3.8, 4) is 11.5 Å². The van der Waals surface area contributed by atoms with Crippen LogP contribution in [0.5, 0.6) is 11.5 Å². The third kappa shape index (κ3) is 4.12. The zero-order valence-corrected chi connectivity index (χ0v) is 14.4. The van der Waals surface area contributed by atoms with Crippen LogP contribution in [0.4, 0.5) is 24.5 Å². The standard InChI is InChI=1S/C19H19F3N2O3/c20-19(21,22)8-13-1-3-14(4-2-13)27-15-5-6-16-17(7-15)24(12-23-16)9-18(25)10-26-11-18/h1-7,23,25H,8-12H2. The summed E-state index contributed by atoms with van der Waals surface area (Å²) in [6, 6.07) is 11.4. The largest absolute Gasteiger partial charge is 0.457 e. The van der Waals surface area contributed by atoms with Crippen molar-refractivity contribution < 1.29 is 27.8 Å². The smallest absolute Gasteiger partial charge is 0.393 e. The number of alkyl halides is 3. The Kier molecular flexibility index (Phi) is 4.39. The molecule has 2 aliphatic heterocycles. The highest BCUT2D eigenvalue weighted by Gasteiger charge is 2.39. The number of hydrogen-bond donors (Lipinski definition) is 2. The lowest BCUT2D eigenvalue weighted by Crippen LogP contribution is -2.57. The Hall–Kier alpha value is -2.45. The number of rotatable bonds is 5. The summed E-state index contributed by atoms with van der Waals surface area (Å²) in [6.07, 6.45) is -5.19. The molecule has 144 valence electrons. The summed E-state index contributed by atoms with van der Waals surface area (Å²) >= 11 is 0. The van der Waals surface area contributed by atoms with Crippen LogP contribution in [0.25, 0.3) is 0 Å². The van der Waals surface area contributed by atoms with E-state index in [4.69, 9.17) is 9.47 Å². The van der Waals surface area contributed by atoms with Gasteiger partial charge in [0.2, 0.25) is 0 Å². The Morgan fingerprint density at radius 2 is 1.81 bits per heavy atom. The molecule has 5 nitrogen and oxygen atoms in total. The number of β-amino-alcohol motifs (C(OH)–C–C–N with tert-alkyl or cyclic N) is 1. The topological polar surface area (TPSA) is 54.0 Å². The Morgan fingerprint density at radius 1 is 1.11 bits per heavy atom. The SMILES string of the molecule is OC1(CN2CNc3ccc(Oc4ccc(CC(F)(F)F)cc4)cc32)COC1. The molecule has 0 aromatic heterocycles. The molecule has 2 aromatic carbocycles. The molecule has 0 atom stereocenters. The van der Waals surface area contributed by atoms with Gasteiger partial charge in [0, 0.05) is 6.07 Å². The van der Waals surface area contributed by atoms with Gasteiger partial charge in [-0.3, -0.25) is 0 Å². The lowest BCUT2D eigenvalue weighted by Gasteiger charge is -2.39. The molecule has 0 radical (unpaired) electrons. The van der Waals surface area contributed by atoms with E-state index in [0.29, 0.717) is 37.9 Å². The van der Waals surface area contributed by atoms with E-state index >= 15 is 0 Å². The van der Waals surface area contributed by atoms with Crippen LogP contribution in [-0.4, -0.2) is 43.3 Å². The fourth-order valence-corrected chi connectivity index (χ4v) is 3.22. The van der Waals surface area contributed by atoms with Gasteiger partial charge in [-0.1, -0.05) is 12.1 Å². The molecular formula is C19H19F3N2O3. The minimum atomic E-state index is -4.23. The quantitative estimate of drug-likeness (QED) is 0.831. The van der Waals surface area contributed by atoms with Crippen molar-refractivity contribution in [3.05, 3.63) is 48.0 Å². The first-order valence-corrected chi connectivity index (χ1v) is 8.56. The summed E-state index contributed by atoms with van der Waals surface area (Å²) in [7, 11) is 0. The minimum absolute atomic E-state index is 0.190. The Bertz CT molecular complexity index is 820. The first kappa shape index (κ1) is 17.9. The second-order valence-corrected chi connectivity index (χ2v) is 6.97. The van der Waals surface area contributed by atoms with Crippen LogP contribution in [0.2, 0.25) is 0 Å². The summed E-state index contributed by atoms with van der Waals surface area (Å²) < 4.78 is 48.2. The fraction of sp³-hybridized carbons (Fsp3) is 0.368. The van der Waals surface area contributed by atoms with Crippen LogP contribution in [0.15, 0.2) is 42.5 Å². The van der Waals surface area contributed by atoms with Crippen LogP contribution >= 0.6 is 0 Å². The van der Waals surface area contributed by atoms with Gasteiger partial charge in [0.15, 0.2) is 0 Å². The molecule has 0 saturated carbocycles. The molecule has 4 rings (SSSR count). The molecule has 1 fully saturated rings. The third-order valence-corrected chi connectivity index (χ3v) is 4.56. The fourth-order valence-electron chi connectivity index (χ4n) is 3.22. The molecule has 2 aromatic rings. The molecule has 2 N–H and O–H groups in total. The highest BCUT2D eigenvalue weighted by Crippen LogP contribution is 2.37. The van der Waals surface area contributed by atoms with Crippen LogP contribution in [0.3, 0.4) is 0 Å². The number of nitrogens with zero attached hydrogens (tertiary/aromatic N) is 1. The van der Waals surface area contributed by atoms with E-state index in [-0.39, 0.29) is 5.56 Å². The van der Waals surface area contributed by atoms with Gasteiger partial charge in [-0.15, -0.1) is 0 Å². The maximum absolute atomic E-state index is 12.4. The molecule has 2 aliphatic rings. The number of ether oxygens (including phenoxy) is 2. The average Bonchev–Trinajstić information content (AvgIpc) is 2.96. The zero-order chi connectivity index (χ0) is 19.1. The van der Waals surface area contributed by atoms with Crippen LogP contribution in [0, 0.1) is 0 Å². The van der Waals surface area contributed by atoms with Crippen molar-refractivity contribution in [1.29, 1.82) is 0 Å². The molecule has 0 bridgehead atoms. The number of nitrogens with one attached hydrogen (secondary N) is 1. The van der Waals surface area contributed by atoms with Crippen LogP contribution in [0.1, 0.15) is 5.56 Å². The summed E-state index contributed by atoms with van der Waals surface area (Å²) in [5.74, 6) is 1.03. The second-order valence-electron chi connectivity index (χ2n) is 6.97. The van der Waals surface area contributed by atoms with Crippen molar-refractivity contribution in [2.24, 2.45) is 0 Å². The van der Waals surface area contributed by atoms with Crippen molar-refractivity contribution in [1.82, 2.24) is 0 Å². The second kappa shape index (κ2) is 6.61. The van der Waals surface area contributed by atoms with Gasteiger partial charge in [-0.25, -0.2) is 0 Å². The van der Waals surface area contributed by atoms with E-state index in [1.807, 2.05) is 17.0 Å². The van der Waals surface area contributed by atoms with Gasteiger partial charge in [-0.05, 0) is 29.8 Å². The maximum Gasteiger partial charge on any atom is 0.393 e. The Labute approximate surface area is 154 Å². The first-order valence-electron chi connectivity index (χ1n) is 8.56. The highest BCUT2D eigenvalue weighted by molar-refractivity contribution is 5.76. The molecular weight excluding hydrogens is 361 g/mol. The number of aliphatic hydroxyl groups is 1. The van der Waals surface area contributed by atoms with Crippen molar-refractivity contribution in [2.45, 2.75) is 18.2 Å². The predicted octanol–water partition coefficient (Wildman–Crippen LogP) is 3.53. The molecule has 27 heavy (non-hydrogen) atoms. The summed E-state index contributed by atoms with van der Waals surface area (Å²) in [6.45, 7) is 1.66. The Morgan fingerprint density at radius 3 is 2.44 bits per heavy atom. The van der Waals surface area contributed by atoms with Crippen molar-refractivity contribution >= 4 is 11.4 Å². The van der Waals surface area contributed by atoms with E-state index in [9.17, 15) is 18.3 Å². The van der Waals surface area contributed by atoms with E-state index in [0.717, 1.165) is 11.4 Å². The molecule has 8 heteroatoms. The van der Waals surface area contributed by atoms with Gasteiger partial charge >= 0.3 is 6.18 Å². The summed E-state index contributed by atoms with van der Waals surface area (Å²) in [4.78, 5) is 2.01. The van der Waals surface area contributed by atoms with Gasteiger partial charge in [0.05, 0.1) is 44.2 Å². The summed E-state index contributed by atoms with van der Waals surface area (Å²) in [5.41, 5.74) is 1.19. The highest BCUT2D eigenvalue weighted by atomic mass is 19.4. The Balaban J connectivity index is 1.46. The normalized spacial score (nSPS) is 17.9. The first-order chi connectivity index (χ1) is 12.8. The van der Waals surface area contributed by atoms with E-state index in [1.165, 1.54) is 24.3 Å². The molecule has 0 unspecified atom stereocenters. The van der Waals surface area contributed by atoms with E-state index in [1.54, 1.807) is 6.07 Å². The number of fused-ring (bicyclic) bond motifs is 1. The number of benzene rings is 2. The number of anilines is 2. The predicted molar refractivity (Wildman–Crippen MR) is 94.3 cm³/mol. The molecule has 0 spiro atoms. The molecule has 1 saturated heterocycles. The molecule has 0 amide bonds. The lowest BCUT2D eigenvalue weighted by molar-refractivity contribution is -0.171. The lowest BCUT2D eigenvalue weighted by atomic mass is 10.0. The number of hydrogen-bond acceptors (Lipinski definition) is 5. The van der Waals surface area contributed by atoms with Crippen LogP contribution < -0.4 is 15.0 Å². The molecule has 2 heterocycles. The van der Waals surface area contributed by atoms with Gasteiger partial charge in [0.25, 0.3) is 0 Å². The van der Waals surface area contributed by atoms with Gasteiger partial charge < -0.3 is 24.8 Å². The zero-order valence-electron chi connectivity index (χ0n) is 14.4. The average molecular weight is 380 g/mol. The minimum Gasteiger partial charge on any atom is -0.457 e. The van der Waals surface area contributed by atoms with Crippen molar-refractivity contribution in [2.75, 3.05) is 36.6 Å². The van der Waals surface area contributed by atoms with Crippen molar-refractivity contribution in [3.63, 3.8) is 0 Å². The molecule has 0 aliphatic carbocycles. The van der Waals surface area contributed by atoms with Crippen LogP contribution in [-0.2, 0) is 11.2 Å². The summed E-state index contributed by atoms with van der Waals surface area (Å²) in [5, 5.41) is 13.6. The van der Waals surface area contributed by atoms with E-state index < -0.39 is 18.2 Å².